The van der Waals surface area contributed by atoms with Gasteiger partial charge in [0, 0.05) is 24.6 Å². The van der Waals surface area contributed by atoms with Gasteiger partial charge in [0.15, 0.2) is 12.4 Å². The molecule has 4 aromatic rings. The van der Waals surface area contributed by atoms with Crippen molar-refractivity contribution in [2.75, 3.05) is 19.7 Å². The highest BCUT2D eigenvalue weighted by atomic mass is 35.5. The number of halogens is 1. The van der Waals surface area contributed by atoms with Crippen molar-refractivity contribution >= 4 is 28.6 Å². The number of rotatable bonds is 11. The largest absolute Gasteiger partial charge is 0.481 e. The number of imidazole rings is 1. The van der Waals surface area contributed by atoms with Crippen molar-refractivity contribution in [2.24, 2.45) is 5.92 Å². The van der Waals surface area contributed by atoms with E-state index in [1.165, 1.54) is 12.8 Å². The molecule has 0 spiro atoms. The first-order valence-electron chi connectivity index (χ1n) is 14.8. The highest BCUT2D eigenvalue weighted by Gasteiger charge is 2.27. The number of likely N-dealkylation sites (tertiary alicyclic amines) is 1. The molecule has 0 bridgehead atoms. The number of fused-ring (bicyclic) bond motifs is 1. The maximum atomic E-state index is 11.6. The fourth-order valence-electron chi connectivity index (χ4n) is 5.89. The van der Waals surface area contributed by atoms with Crippen LogP contribution < -0.4 is 4.74 Å². The molecule has 10 nitrogen and oxygen atoms in total. The predicted octanol–water partition coefficient (Wildman–Crippen LogP) is 5.47. The van der Waals surface area contributed by atoms with E-state index in [1.807, 2.05) is 6.07 Å². The number of pyridine rings is 1. The van der Waals surface area contributed by atoms with Crippen molar-refractivity contribution in [2.45, 2.75) is 70.2 Å². The Kier molecular flexibility index (Phi) is 7.60. The molecule has 11 heteroatoms. The first-order valence-corrected chi connectivity index (χ1v) is 15.1. The molecule has 3 aromatic heterocycles. The average Bonchev–Trinajstić information content (AvgIpc) is 3.63. The van der Waals surface area contributed by atoms with Crippen LogP contribution in [0, 0.1) is 5.92 Å². The van der Waals surface area contributed by atoms with Crippen LogP contribution in [0.2, 0.25) is 5.02 Å². The van der Waals surface area contributed by atoms with Gasteiger partial charge in [-0.3, -0.25) is 9.88 Å². The summed E-state index contributed by atoms with van der Waals surface area (Å²) < 4.78 is 19.7. The van der Waals surface area contributed by atoms with E-state index >= 15 is 0 Å². The Morgan fingerprint density at radius 2 is 1.93 bits per heavy atom. The molecule has 1 atom stereocenters. The monoisotopic (exact) mass is 591 g/mol. The molecule has 3 aliphatic rings. The maximum absolute atomic E-state index is 11.6. The van der Waals surface area contributed by atoms with Gasteiger partial charge in [-0.1, -0.05) is 11.6 Å². The summed E-state index contributed by atoms with van der Waals surface area (Å²) in [6.45, 7) is 4.32. The number of carboxylic acid groups (broad SMARTS) is 1. The highest BCUT2D eigenvalue weighted by molar-refractivity contribution is 6.32. The summed E-state index contributed by atoms with van der Waals surface area (Å²) in [6, 6.07) is 7.05. The van der Waals surface area contributed by atoms with Crippen LogP contribution in [0.4, 0.5) is 0 Å². The Morgan fingerprint density at radius 3 is 2.64 bits per heavy atom. The number of ether oxygens (including phenoxy) is 2. The van der Waals surface area contributed by atoms with Gasteiger partial charge >= 0.3 is 5.97 Å². The number of benzene rings is 1. The summed E-state index contributed by atoms with van der Waals surface area (Å²) >= 11 is 6.39. The second-order valence-corrected chi connectivity index (χ2v) is 12.1. The molecule has 0 unspecified atom stereocenters. The lowest BCUT2D eigenvalue weighted by atomic mass is 9.93. The van der Waals surface area contributed by atoms with Gasteiger partial charge in [-0.15, -0.1) is 0 Å². The van der Waals surface area contributed by atoms with E-state index in [1.54, 1.807) is 30.6 Å². The zero-order valence-corrected chi connectivity index (χ0v) is 24.1. The molecule has 0 amide bonds. The first-order chi connectivity index (χ1) is 20.5. The summed E-state index contributed by atoms with van der Waals surface area (Å²) in [5, 5.41) is 10.1. The normalized spacial score (nSPS) is 19.7. The van der Waals surface area contributed by atoms with Crippen LogP contribution in [-0.2, 0) is 30.9 Å². The van der Waals surface area contributed by atoms with Crippen LogP contribution in [0.1, 0.15) is 71.5 Å². The van der Waals surface area contributed by atoms with Gasteiger partial charge in [0.05, 0.1) is 53.2 Å². The lowest BCUT2D eigenvalue weighted by molar-refractivity contribution is -0.0592. The van der Waals surface area contributed by atoms with Crippen LogP contribution in [0.25, 0.3) is 11.0 Å². The minimum atomic E-state index is -0.931. The molecule has 5 heterocycles. The number of hydrogen-bond acceptors (Lipinski definition) is 8. The van der Waals surface area contributed by atoms with Crippen LogP contribution >= 0.6 is 11.6 Å². The van der Waals surface area contributed by atoms with Gasteiger partial charge in [0.1, 0.15) is 11.6 Å². The topological polar surface area (TPSA) is 116 Å². The molecule has 1 aliphatic carbocycles. The number of oxazole rings is 1. The number of aromatic nitrogens is 4. The molecular weight excluding hydrogens is 558 g/mol. The summed E-state index contributed by atoms with van der Waals surface area (Å²) in [5.74, 6) is 3.03. The summed E-state index contributed by atoms with van der Waals surface area (Å²) in [5.41, 5.74) is 2.99. The number of carbonyl (C=O) groups is 1. The molecule has 1 N–H and O–H groups in total. The fourth-order valence-corrected chi connectivity index (χ4v) is 6.10. The summed E-state index contributed by atoms with van der Waals surface area (Å²) in [4.78, 5) is 27.8. The van der Waals surface area contributed by atoms with Crippen molar-refractivity contribution in [3.63, 3.8) is 0 Å². The van der Waals surface area contributed by atoms with E-state index in [-0.39, 0.29) is 18.3 Å². The van der Waals surface area contributed by atoms with Crippen LogP contribution in [0.15, 0.2) is 41.1 Å². The first kappa shape index (κ1) is 27.4. The Labute approximate surface area is 248 Å². The molecule has 42 heavy (non-hydrogen) atoms. The minimum absolute atomic E-state index is 0.152. The SMILES string of the molecule is O=C(O)c1ccc2nc(CN3CCC(Cc4cnc(COc5cnc(C6CC6)cc5Cl)o4)CC3)n(C[C@@H]3CCO3)c2c1. The molecular formula is C31H34ClN5O5. The van der Waals surface area contributed by atoms with E-state index in [4.69, 9.17) is 30.5 Å². The highest BCUT2D eigenvalue weighted by Crippen LogP contribution is 2.41. The van der Waals surface area contributed by atoms with Gasteiger partial charge in [-0.25, -0.2) is 14.8 Å². The van der Waals surface area contributed by atoms with E-state index in [9.17, 15) is 9.90 Å². The van der Waals surface area contributed by atoms with E-state index in [2.05, 4.69) is 19.4 Å². The van der Waals surface area contributed by atoms with Gasteiger partial charge in [-0.2, -0.15) is 0 Å². The number of nitrogens with zero attached hydrogens (tertiary/aromatic N) is 5. The van der Waals surface area contributed by atoms with E-state index < -0.39 is 5.97 Å². The van der Waals surface area contributed by atoms with Crippen LogP contribution in [0.5, 0.6) is 5.75 Å². The Bertz CT molecular complexity index is 1590. The molecule has 1 saturated carbocycles. The standard InChI is InChI=1S/C31H34ClN5O5/c32-24-13-26(20-1-2-20)33-15-28(24)41-18-30-34-14-23(42-30)11-19-5-8-36(9-6-19)17-29-35-25-4-3-21(31(38)39)12-27(25)37(29)16-22-7-10-40-22/h3-4,12-15,19-20,22H,1-2,5-11,16-18H2,(H,38,39)/t22-/m0/s1. The quantitative estimate of drug-likeness (QED) is 0.242. The van der Waals surface area contributed by atoms with Crippen LogP contribution in [0.3, 0.4) is 0 Å². The third-order valence-corrected chi connectivity index (χ3v) is 8.90. The van der Waals surface area contributed by atoms with Gasteiger partial charge < -0.3 is 23.6 Å². The predicted molar refractivity (Wildman–Crippen MR) is 155 cm³/mol. The number of carboxylic acids is 1. The van der Waals surface area contributed by atoms with Crippen molar-refractivity contribution < 1.29 is 23.8 Å². The summed E-state index contributed by atoms with van der Waals surface area (Å²) in [6.07, 6.45) is 9.96. The molecule has 2 aliphatic heterocycles. The van der Waals surface area contributed by atoms with Crippen molar-refractivity contribution in [1.29, 1.82) is 0 Å². The minimum Gasteiger partial charge on any atom is -0.481 e. The van der Waals surface area contributed by atoms with Gasteiger partial charge in [0.25, 0.3) is 0 Å². The average molecular weight is 592 g/mol. The Hall–Kier alpha value is -3.47. The molecule has 0 radical (unpaired) electrons. The van der Waals surface area contributed by atoms with Gasteiger partial charge in [-0.05, 0) is 75.4 Å². The maximum Gasteiger partial charge on any atom is 0.335 e. The van der Waals surface area contributed by atoms with E-state index in [0.29, 0.717) is 35.0 Å². The number of aromatic carboxylic acids is 1. The fraction of sp³-hybridized carbons (Fsp3) is 0.484. The zero-order valence-electron chi connectivity index (χ0n) is 23.4. The third-order valence-electron chi connectivity index (χ3n) is 8.60. The van der Waals surface area contributed by atoms with Crippen molar-refractivity contribution in [3.8, 4) is 5.75 Å². The molecule has 3 fully saturated rings. The Balaban J connectivity index is 0.934. The molecule has 7 rings (SSSR count). The molecule has 1 aromatic carbocycles. The van der Waals surface area contributed by atoms with Crippen LogP contribution in [-0.4, -0.2) is 61.3 Å². The molecule has 2 saturated heterocycles. The molecule has 220 valence electrons. The van der Waals surface area contributed by atoms with Gasteiger partial charge in [0.2, 0.25) is 5.89 Å². The summed E-state index contributed by atoms with van der Waals surface area (Å²) in [7, 11) is 0. The second kappa shape index (κ2) is 11.7. The van der Waals surface area contributed by atoms with Crippen molar-refractivity contribution in [3.05, 3.63) is 70.4 Å². The smallest absolute Gasteiger partial charge is 0.335 e. The Morgan fingerprint density at radius 1 is 1.10 bits per heavy atom. The second-order valence-electron chi connectivity index (χ2n) is 11.7. The lowest BCUT2D eigenvalue weighted by Gasteiger charge is -2.32. The van der Waals surface area contributed by atoms with Crippen molar-refractivity contribution in [1.82, 2.24) is 24.4 Å². The zero-order chi connectivity index (χ0) is 28.6. The van der Waals surface area contributed by atoms with E-state index in [0.717, 1.165) is 80.2 Å². The number of piperidine rings is 1. The third kappa shape index (κ3) is 6.02. The number of hydrogen-bond donors (Lipinski definition) is 1. The lowest BCUT2D eigenvalue weighted by Crippen LogP contribution is -2.36.